The predicted molar refractivity (Wildman–Crippen MR) is 95.5 cm³/mol. The van der Waals surface area contributed by atoms with Gasteiger partial charge in [-0.1, -0.05) is 23.4 Å². The number of alkyl halides is 3. The lowest BCUT2D eigenvalue weighted by Gasteiger charge is -2.30. The van der Waals surface area contributed by atoms with Crippen molar-refractivity contribution in [3.8, 4) is 11.5 Å². The standard InChI is InChI=1S/C17H16F3N5O.ClH/c1-25-7-6-21-9-13(25)15-23-16(26-24-15)11-8-22-12-5-3-2-4-10(12)14(11)17(18,19)20;/h2-5,8,13,21H,6-7,9H2,1H3;1H. The summed E-state index contributed by atoms with van der Waals surface area (Å²) in [7, 11) is 1.92. The molecule has 2 aromatic heterocycles. The highest BCUT2D eigenvalue weighted by Gasteiger charge is 2.38. The van der Waals surface area contributed by atoms with Crippen LogP contribution in [0.5, 0.6) is 0 Å². The number of pyridine rings is 1. The molecular weight excluding hydrogens is 383 g/mol. The third kappa shape index (κ3) is 3.62. The molecule has 10 heteroatoms. The number of para-hydroxylation sites is 1. The van der Waals surface area contributed by atoms with Crippen LogP contribution in [0.25, 0.3) is 22.4 Å². The number of halogens is 4. The molecule has 6 nitrogen and oxygen atoms in total. The molecule has 1 aliphatic heterocycles. The van der Waals surface area contributed by atoms with Gasteiger partial charge in [0.25, 0.3) is 5.89 Å². The van der Waals surface area contributed by atoms with Gasteiger partial charge in [-0.15, -0.1) is 12.4 Å². The Balaban J connectivity index is 0.00000210. The van der Waals surface area contributed by atoms with Gasteiger partial charge < -0.3 is 9.84 Å². The van der Waals surface area contributed by atoms with Crippen LogP contribution in [-0.4, -0.2) is 46.7 Å². The number of aromatic nitrogens is 3. The van der Waals surface area contributed by atoms with Crippen LogP contribution in [0.4, 0.5) is 13.2 Å². The molecule has 1 saturated heterocycles. The first kappa shape index (κ1) is 19.5. The highest BCUT2D eigenvalue weighted by atomic mass is 35.5. The summed E-state index contributed by atoms with van der Waals surface area (Å²) in [6.45, 7) is 2.24. The summed E-state index contributed by atoms with van der Waals surface area (Å²) in [4.78, 5) is 10.4. The fraction of sp³-hybridized carbons (Fsp3) is 0.353. The van der Waals surface area contributed by atoms with Crippen molar-refractivity contribution in [3.63, 3.8) is 0 Å². The van der Waals surface area contributed by atoms with E-state index in [1.807, 2.05) is 11.9 Å². The van der Waals surface area contributed by atoms with Crippen molar-refractivity contribution in [3.05, 3.63) is 41.9 Å². The Bertz CT molecular complexity index is 946. The Morgan fingerprint density at radius 2 is 2.04 bits per heavy atom. The summed E-state index contributed by atoms with van der Waals surface area (Å²) in [6.07, 6.45) is -3.43. The first-order valence-corrected chi connectivity index (χ1v) is 8.15. The number of fused-ring (bicyclic) bond motifs is 1. The monoisotopic (exact) mass is 399 g/mol. The topological polar surface area (TPSA) is 67.1 Å². The van der Waals surface area contributed by atoms with Crippen LogP contribution in [0, 0.1) is 0 Å². The molecule has 0 spiro atoms. The van der Waals surface area contributed by atoms with E-state index >= 15 is 0 Å². The van der Waals surface area contributed by atoms with Crippen LogP contribution in [0.2, 0.25) is 0 Å². The van der Waals surface area contributed by atoms with E-state index in [9.17, 15) is 13.2 Å². The number of hydrogen-bond acceptors (Lipinski definition) is 6. The van der Waals surface area contributed by atoms with Crippen LogP contribution >= 0.6 is 12.4 Å². The van der Waals surface area contributed by atoms with Crippen molar-refractivity contribution >= 4 is 23.3 Å². The molecular formula is C17H17ClF3N5O. The fourth-order valence-corrected chi connectivity index (χ4v) is 3.18. The Labute approximate surface area is 159 Å². The van der Waals surface area contributed by atoms with E-state index in [1.54, 1.807) is 12.1 Å². The highest BCUT2D eigenvalue weighted by molar-refractivity contribution is 5.87. The zero-order valence-corrected chi connectivity index (χ0v) is 15.1. The third-order valence-corrected chi connectivity index (χ3v) is 4.54. The van der Waals surface area contributed by atoms with E-state index in [-0.39, 0.29) is 40.8 Å². The smallest absolute Gasteiger partial charge is 0.334 e. The summed E-state index contributed by atoms with van der Waals surface area (Å²) in [5.74, 6) is 0.181. The third-order valence-electron chi connectivity index (χ3n) is 4.54. The average Bonchev–Trinajstić information content (AvgIpc) is 3.10. The normalized spacial score (nSPS) is 18.4. The second kappa shape index (κ2) is 7.41. The van der Waals surface area contributed by atoms with Gasteiger partial charge in [0.2, 0.25) is 0 Å². The molecule has 0 bridgehead atoms. The summed E-state index contributed by atoms with van der Waals surface area (Å²) in [5, 5.41) is 7.13. The van der Waals surface area contributed by atoms with E-state index in [1.165, 1.54) is 12.1 Å². The van der Waals surface area contributed by atoms with Gasteiger partial charge in [-0.2, -0.15) is 18.2 Å². The number of nitrogens with zero attached hydrogens (tertiary/aromatic N) is 4. The van der Waals surface area contributed by atoms with Gasteiger partial charge in [0.05, 0.1) is 22.7 Å². The zero-order valence-electron chi connectivity index (χ0n) is 14.3. The molecule has 1 atom stereocenters. The van der Waals surface area contributed by atoms with Gasteiger partial charge >= 0.3 is 6.18 Å². The van der Waals surface area contributed by atoms with Crippen molar-refractivity contribution in [2.75, 3.05) is 26.7 Å². The van der Waals surface area contributed by atoms with E-state index in [0.717, 1.165) is 19.3 Å². The van der Waals surface area contributed by atoms with Gasteiger partial charge in [0.1, 0.15) is 0 Å². The molecule has 27 heavy (non-hydrogen) atoms. The van der Waals surface area contributed by atoms with E-state index in [0.29, 0.717) is 12.4 Å². The lowest BCUT2D eigenvalue weighted by atomic mass is 10.0. The molecule has 0 saturated carbocycles. The first-order chi connectivity index (χ1) is 12.4. The minimum absolute atomic E-state index is 0. The SMILES string of the molecule is CN1CCNCC1c1noc(-c2cnc3ccccc3c2C(F)(F)F)n1.Cl. The molecule has 1 fully saturated rings. The number of benzene rings is 1. The molecule has 1 N–H and O–H groups in total. The number of nitrogens with one attached hydrogen (secondary N) is 1. The maximum absolute atomic E-state index is 13.8. The van der Waals surface area contributed by atoms with Crippen LogP contribution in [0.1, 0.15) is 17.4 Å². The quantitative estimate of drug-likeness (QED) is 0.713. The Hall–Kier alpha value is -2.23. The lowest BCUT2D eigenvalue weighted by Crippen LogP contribution is -2.44. The van der Waals surface area contributed by atoms with Crippen molar-refractivity contribution < 1.29 is 17.7 Å². The molecule has 1 unspecified atom stereocenters. The van der Waals surface area contributed by atoms with Crippen molar-refractivity contribution in [1.29, 1.82) is 0 Å². The number of rotatable bonds is 2. The molecule has 4 rings (SSSR count). The Morgan fingerprint density at radius 1 is 1.26 bits per heavy atom. The minimum atomic E-state index is -4.57. The van der Waals surface area contributed by atoms with Crippen LogP contribution in [-0.2, 0) is 6.18 Å². The predicted octanol–water partition coefficient (Wildman–Crippen LogP) is 3.30. The van der Waals surface area contributed by atoms with E-state index in [2.05, 4.69) is 20.4 Å². The van der Waals surface area contributed by atoms with E-state index in [4.69, 9.17) is 4.52 Å². The maximum Gasteiger partial charge on any atom is 0.417 e. The molecule has 3 aromatic rings. The second-order valence-electron chi connectivity index (χ2n) is 6.22. The maximum atomic E-state index is 13.8. The fourth-order valence-electron chi connectivity index (χ4n) is 3.18. The summed E-state index contributed by atoms with van der Waals surface area (Å²) < 4.78 is 46.4. The van der Waals surface area contributed by atoms with Gasteiger partial charge in [-0.25, -0.2) is 0 Å². The van der Waals surface area contributed by atoms with E-state index < -0.39 is 11.7 Å². The Kier molecular flexibility index (Phi) is 5.36. The number of likely N-dealkylation sites (N-methyl/N-ethyl adjacent to an activating group) is 1. The first-order valence-electron chi connectivity index (χ1n) is 8.15. The van der Waals surface area contributed by atoms with Crippen molar-refractivity contribution in [2.24, 2.45) is 0 Å². The van der Waals surface area contributed by atoms with Gasteiger partial charge in [0, 0.05) is 31.2 Å². The highest BCUT2D eigenvalue weighted by Crippen LogP contribution is 2.40. The van der Waals surface area contributed by atoms with Crippen LogP contribution in [0.15, 0.2) is 35.0 Å². The van der Waals surface area contributed by atoms with Crippen LogP contribution < -0.4 is 5.32 Å². The summed E-state index contributed by atoms with van der Waals surface area (Å²) in [6, 6.07) is 5.97. The lowest BCUT2D eigenvalue weighted by molar-refractivity contribution is -0.135. The molecule has 0 amide bonds. The largest absolute Gasteiger partial charge is 0.417 e. The van der Waals surface area contributed by atoms with Crippen molar-refractivity contribution in [1.82, 2.24) is 25.3 Å². The summed E-state index contributed by atoms with van der Waals surface area (Å²) >= 11 is 0. The number of piperazine rings is 1. The molecule has 3 heterocycles. The minimum Gasteiger partial charge on any atom is -0.334 e. The van der Waals surface area contributed by atoms with Gasteiger partial charge in [-0.05, 0) is 13.1 Å². The Morgan fingerprint density at radius 3 is 2.78 bits per heavy atom. The van der Waals surface area contributed by atoms with Crippen molar-refractivity contribution in [2.45, 2.75) is 12.2 Å². The van der Waals surface area contributed by atoms with Crippen LogP contribution in [0.3, 0.4) is 0 Å². The average molecular weight is 400 g/mol. The summed E-state index contributed by atoms with van der Waals surface area (Å²) in [5.41, 5.74) is -0.755. The molecule has 0 radical (unpaired) electrons. The molecule has 1 aliphatic rings. The number of hydrogen-bond donors (Lipinski definition) is 1. The molecule has 1 aromatic carbocycles. The second-order valence-corrected chi connectivity index (χ2v) is 6.22. The molecule has 144 valence electrons. The van der Waals surface area contributed by atoms with Gasteiger partial charge in [-0.3, -0.25) is 9.88 Å². The zero-order chi connectivity index (χ0) is 18.3. The van der Waals surface area contributed by atoms with Gasteiger partial charge in [0.15, 0.2) is 5.82 Å². The molecule has 0 aliphatic carbocycles.